The number of methoxy groups -OCH3 is 1. The van der Waals surface area contributed by atoms with Gasteiger partial charge < -0.3 is 9.64 Å². The van der Waals surface area contributed by atoms with Gasteiger partial charge in [0.15, 0.2) is 0 Å². The molecule has 1 aliphatic heterocycles. The van der Waals surface area contributed by atoms with Crippen molar-refractivity contribution >= 4 is 22.8 Å². The molecule has 0 amide bonds. The summed E-state index contributed by atoms with van der Waals surface area (Å²) in [4.78, 5) is 35.5. The van der Waals surface area contributed by atoms with Crippen LogP contribution in [0.2, 0.25) is 0 Å². The Morgan fingerprint density at radius 3 is 2.28 bits per heavy atom. The molecule has 7 nitrogen and oxygen atoms in total. The molecule has 0 radical (unpaired) electrons. The fourth-order valence-electron chi connectivity index (χ4n) is 4.89. The molecule has 4 aromatic rings. The molecule has 0 saturated carbocycles. The van der Waals surface area contributed by atoms with Crippen molar-refractivity contribution in [1.82, 2.24) is 14.5 Å². The van der Waals surface area contributed by atoms with Gasteiger partial charge in [-0.15, -0.1) is 0 Å². The van der Waals surface area contributed by atoms with E-state index >= 15 is 0 Å². The Morgan fingerprint density at radius 1 is 0.917 bits per heavy atom. The van der Waals surface area contributed by atoms with Crippen LogP contribution in [0.25, 0.3) is 16.6 Å². The van der Waals surface area contributed by atoms with Crippen molar-refractivity contribution in [1.29, 1.82) is 0 Å². The number of piperazine rings is 1. The summed E-state index contributed by atoms with van der Waals surface area (Å²) < 4.78 is 6.59. The van der Waals surface area contributed by atoms with E-state index in [1.165, 1.54) is 12.7 Å². The molecule has 2 heterocycles. The largest absolute Gasteiger partial charge is 0.465 e. The summed E-state index contributed by atoms with van der Waals surface area (Å²) in [5.74, 6) is 0.146. The average Bonchev–Trinajstić information content (AvgIpc) is 2.88. The van der Waals surface area contributed by atoms with Crippen LogP contribution in [0.4, 0.5) is 5.95 Å². The van der Waals surface area contributed by atoms with E-state index in [0.717, 1.165) is 49.5 Å². The molecular formula is C29H30N4O3. The number of benzene rings is 3. The van der Waals surface area contributed by atoms with Crippen LogP contribution in [0.1, 0.15) is 27.0 Å². The highest BCUT2D eigenvalue weighted by molar-refractivity contribution is 5.94. The summed E-state index contributed by atoms with van der Waals surface area (Å²) in [5.41, 5.74) is 4.96. The van der Waals surface area contributed by atoms with Gasteiger partial charge in [0.2, 0.25) is 5.95 Å². The second-order valence-electron chi connectivity index (χ2n) is 9.37. The first kappa shape index (κ1) is 23.8. The maximum absolute atomic E-state index is 13.8. The minimum absolute atomic E-state index is 0.150. The number of carbonyl (C=O) groups is 1. The quantitative estimate of drug-likeness (QED) is 0.399. The molecule has 3 aromatic carbocycles. The number of aromatic nitrogens is 2. The first-order chi connectivity index (χ1) is 17.4. The smallest absolute Gasteiger partial charge is 0.337 e. The Morgan fingerprint density at radius 2 is 1.61 bits per heavy atom. The third-order valence-corrected chi connectivity index (χ3v) is 6.64. The third-order valence-electron chi connectivity index (χ3n) is 6.64. The number of fused-ring (bicyclic) bond motifs is 1. The number of esters is 1. The SMILES string of the molecule is COC(=O)c1ccc2c(=O)n(-c3cc(C)cc(C)c3)c(N3CCN(Cc4ccccc4)CC3)nc2c1. The molecule has 0 unspecified atom stereocenters. The average molecular weight is 483 g/mol. The molecule has 0 bridgehead atoms. The number of aryl methyl sites for hydroxylation is 2. The predicted molar refractivity (Wildman–Crippen MR) is 142 cm³/mol. The lowest BCUT2D eigenvalue weighted by Crippen LogP contribution is -2.47. The van der Waals surface area contributed by atoms with Gasteiger partial charge in [0, 0.05) is 32.7 Å². The monoisotopic (exact) mass is 482 g/mol. The number of carbonyl (C=O) groups excluding carboxylic acids is 1. The molecular weight excluding hydrogens is 452 g/mol. The van der Waals surface area contributed by atoms with E-state index in [-0.39, 0.29) is 5.56 Å². The maximum Gasteiger partial charge on any atom is 0.337 e. The molecule has 0 N–H and O–H groups in total. The zero-order valence-electron chi connectivity index (χ0n) is 20.9. The Labute approximate surface area is 210 Å². The number of hydrogen-bond donors (Lipinski definition) is 0. The van der Waals surface area contributed by atoms with E-state index in [1.807, 2.05) is 32.0 Å². The highest BCUT2D eigenvalue weighted by Crippen LogP contribution is 2.24. The summed E-state index contributed by atoms with van der Waals surface area (Å²) in [7, 11) is 1.35. The second-order valence-corrected chi connectivity index (χ2v) is 9.37. The van der Waals surface area contributed by atoms with Crippen molar-refractivity contribution in [2.75, 3.05) is 38.2 Å². The van der Waals surface area contributed by atoms with Gasteiger partial charge in [0.1, 0.15) is 0 Å². The number of anilines is 1. The van der Waals surface area contributed by atoms with Crippen molar-refractivity contribution in [3.63, 3.8) is 0 Å². The van der Waals surface area contributed by atoms with E-state index in [9.17, 15) is 9.59 Å². The highest BCUT2D eigenvalue weighted by atomic mass is 16.5. The fourth-order valence-corrected chi connectivity index (χ4v) is 4.89. The molecule has 1 saturated heterocycles. The predicted octanol–water partition coefficient (Wildman–Crippen LogP) is 4.11. The van der Waals surface area contributed by atoms with Crippen LogP contribution in [-0.2, 0) is 11.3 Å². The minimum atomic E-state index is -0.451. The summed E-state index contributed by atoms with van der Waals surface area (Å²) in [6.07, 6.45) is 0. The van der Waals surface area contributed by atoms with Crippen LogP contribution < -0.4 is 10.5 Å². The molecule has 5 rings (SSSR count). The van der Waals surface area contributed by atoms with Gasteiger partial charge in [-0.2, -0.15) is 0 Å². The van der Waals surface area contributed by atoms with Crippen LogP contribution in [0, 0.1) is 13.8 Å². The Balaban J connectivity index is 1.56. The van der Waals surface area contributed by atoms with Crippen LogP contribution >= 0.6 is 0 Å². The van der Waals surface area contributed by atoms with Gasteiger partial charge >= 0.3 is 5.97 Å². The van der Waals surface area contributed by atoms with Gasteiger partial charge in [-0.25, -0.2) is 14.3 Å². The van der Waals surface area contributed by atoms with Crippen molar-refractivity contribution in [2.45, 2.75) is 20.4 Å². The number of ether oxygens (including phenoxy) is 1. The second kappa shape index (κ2) is 9.95. The van der Waals surface area contributed by atoms with Crippen molar-refractivity contribution in [3.05, 3.63) is 99.3 Å². The summed E-state index contributed by atoms with van der Waals surface area (Å²) in [6.45, 7) is 8.15. The fraction of sp³-hybridized carbons (Fsp3) is 0.276. The van der Waals surface area contributed by atoms with Crippen LogP contribution in [0.3, 0.4) is 0 Å². The van der Waals surface area contributed by atoms with Gasteiger partial charge in [-0.3, -0.25) is 9.69 Å². The summed E-state index contributed by atoms with van der Waals surface area (Å²) in [6, 6.07) is 21.5. The van der Waals surface area contributed by atoms with E-state index in [4.69, 9.17) is 9.72 Å². The van der Waals surface area contributed by atoms with E-state index < -0.39 is 5.97 Å². The van der Waals surface area contributed by atoms with Gasteiger partial charge in [0.05, 0.1) is 29.3 Å². The van der Waals surface area contributed by atoms with Crippen molar-refractivity contribution in [3.8, 4) is 5.69 Å². The number of nitrogens with zero attached hydrogens (tertiary/aromatic N) is 4. The van der Waals surface area contributed by atoms with Gasteiger partial charge in [-0.1, -0.05) is 36.4 Å². The Bertz CT molecular complexity index is 1450. The minimum Gasteiger partial charge on any atom is -0.465 e. The normalized spacial score (nSPS) is 14.2. The lowest BCUT2D eigenvalue weighted by molar-refractivity contribution is 0.0601. The molecule has 1 aromatic heterocycles. The number of rotatable bonds is 5. The number of hydrogen-bond acceptors (Lipinski definition) is 6. The van der Waals surface area contributed by atoms with Crippen LogP contribution in [0.15, 0.2) is 71.5 Å². The van der Waals surface area contributed by atoms with E-state index in [0.29, 0.717) is 22.4 Å². The lowest BCUT2D eigenvalue weighted by Gasteiger charge is -2.36. The third kappa shape index (κ3) is 4.75. The van der Waals surface area contributed by atoms with Crippen molar-refractivity contribution in [2.24, 2.45) is 0 Å². The molecule has 36 heavy (non-hydrogen) atoms. The van der Waals surface area contributed by atoms with Gasteiger partial charge in [0.25, 0.3) is 5.56 Å². The lowest BCUT2D eigenvalue weighted by atomic mass is 10.1. The molecule has 184 valence electrons. The van der Waals surface area contributed by atoms with E-state index in [2.05, 4.69) is 40.1 Å². The summed E-state index contributed by atoms with van der Waals surface area (Å²) in [5, 5.41) is 0.466. The van der Waals surface area contributed by atoms with Gasteiger partial charge in [-0.05, 0) is 60.9 Å². The van der Waals surface area contributed by atoms with Crippen LogP contribution in [0.5, 0.6) is 0 Å². The summed E-state index contributed by atoms with van der Waals surface area (Å²) >= 11 is 0. The standard InChI is InChI=1S/C29H30N4O3/c1-20-15-21(2)17-24(16-20)33-27(34)25-10-9-23(28(35)36-3)18-26(25)30-29(33)32-13-11-31(12-14-32)19-22-7-5-4-6-8-22/h4-10,15-18H,11-14,19H2,1-3H3. The molecule has 1 fully saturated rings. The Hall–Kier alpha value is -3.97. The molecule has 0 spiro atoms. The molecule has 7 heteroatoms. The zero-order chi connectivity index (χ0) is 25.2. The molecule has 0 atom stereocenters. The maximum atomic E-state index is 13.8. The topological polar surface area (TPSA) is 67.7 Å². The Kier molecular flexibility index (Phi) is 6.57. The first-order valence-electron chi connectivity index (χ1n) is 12.2. The van der Waals surface area contributed by atoms with Crippen molar-refractivity contribution < 1.29 is 9.53 Å². The van der Waals surface area contributed by atoms with E-state index in [1.54, 1.807) is 22.8 Å². The molecule has 1 aliphatic rings. The molecule has 0 aliphatic carbocycles. The highest BCUT2D eigenvalue weighted by Gasteiger charge is 2.24. The zero-order valence-corrected chi connectivity index (χ0v) is 20.9. The first-order valence-corrected chi connectivity index (χ1v) is 12.2. The van der Waals surface area contributed by atoms with Crippen LogP contribution in [-0.4, -0.2) is 53.7 Å².